The van der Waals surface area contributed by atoms with Gasteiger partial charge in [-0.2, -0.15) is 0 Å². The molecule has 0 saturated heterocycles. The maximum absolute atomic E-state index is 11.7. The van der Waals surface area contributed by atoms with E-state index in [1.807, 2.05) is 12.1 Å². The van der Waals surface area contributed by atoms with E-state index >= 15 is 0 Å². The van der Waals surface area contributed by atoms with Gasteiger partial charge in [-0.1, -0.05) is 75.6 Å². The number of carbonyl (C=O) groups excluding carboxylic acids is 1. The molecular formula is C19H30ClNO2. The minimum Gasteiger partial charge on any atom is -0.491 e. The van der Waals surface area contributed by atoms with Crippen LogP contribution in [-0.2, 0) is 4.79 Å². The largest absolute Gasteiger partial charge is 0.491 e. The molecule has 0 aliphatic carbocycles. The highest BCUT2D eigenvalue weighted by molar-refractivity contribution is 6.32. The molecule has 0 radical (unpaired) electrons. The third-order valence-corrected chi connectivity index (χ3v) is 4.09. The SMILES string of the molecule is CCCCCCCCCCNC(=O)CCOc1ccccc1Cl. The maximum atomic E-state index is 11.7. The summed E-state index contributed by atoms with van der Waals surface area (Å²) in [6.07, 6.45) is 10.6. The molecule has 0 aliphatic heterocycles. The number of unbranched alkanes of at least 4 members (excludes halogenated alkanes) is 7. The van der Waals surface area contributed by atoms with Crippen molar-refractivity contribution in [1.82, 2.24) is 5.32 Å². The molecule has 1 amide bonds. The van der Waals surface area contributed by atoms with E-state index in [2.05, 4.69) is 12.2 Å². The van der Waals surface area contributed by atoms with Crippen molar-refractivity contribution in [2.75, 3.05) is 13.2 Å². The van der Waals surface area contributed by atoms with Gasteiger partial charge < -0.3 is 10.1 Å². The van der Waals surface area contributed by atoms with Crippen LogP contribution in [0, 0.1) is 0 Å². The molecule has 0 bridgehead atoms. The Morgan fingerprint density at radius 1 is 1.04 bits per heavy atom. The van der Waals surface area contributed by atoms with Gasteiger partial charge in [0.25, 0.3) is 0 Å². The van der Waals surface area contributed by atoms with E-state index in [0.717, 1.165) is 13.0 Å². The zero-order valence-electron chi connectivity index (χ0n) is 14.3. The second-order valence-electron chi connectivity index (χ2n) is 5.85. The normalized spacial score (nSPS) is 10.5. The van der Waals surface area contributed by atoms with Crippen molar-refractivity contribution in [3.8, 4) is 5.75 Å². The van der Waals surface area contributed by atoms with Crippen LogP contribution in [0.5, 0.6) is 5.75 Å². The van der Waals surface area contributed by atoms with Crippen molar-refractivity contribution in [3.05, 3.63) is 29.3 Å². The number of nitrogens with one attached hydrogen (secondary N) is 1. The van der Waals surface area contributed by atoms with Gasteiger partial charge >= 0.3 is 0 Å². The lowest BCUT2D eigenvalue weighted by molar-refractivity contribution is -0.121. The topological polar surface area (TPSA) is 38.3 Å². The van der Waals surface area contributed by atoms with Gasteiger partial charge in [0, 0.05) is 6.54 Å². The second-order valence-corrected chi connectivity index (χ2v) is 6.26. The second kappa shape index (κ2) is 13.2. The van der Waals surface area contributed by atoms with Crippen LogP contribution in [-0.4, -0.2) is 19.1 Å². The Kier molecular flexibility index (Phi) is 11.4. The average molecular weight is 340 g/mol. The van der Waals surface area contributed by atoms with Gasteiger partial charge in [-0.05, 0) is 18.6 Å². The number of benzene rings is 1. The lowest BCUT2D eigenvalue weighted by Gasteiger charge is -2.08. The molecule has 0 aromatic heterocycles. The van der Waals surface area contributed by atoms with E-state index in [0.29, 0.717) is 23.8 Å². The van der Waals surface area contributed by atoms with Crippen molar-refractivity contribution in [2.45, 2.75) is 64.7 Å². The molecule has 1 N–H and O–H groups in total. The number of ether oxygens (including phenoxy) is 1. The van der Waals surface area contributed by atoms with Crippen LogP contribution in [0.15, 0.2) is 24.3 Å². The predicted molar refractivity (Wildman–Crippen MR) is 97.2 cm³/mol. The smallest absolute Gasteiger partial charge is 0.223 e. The highest BCUT2D eigenvalue weighted by Gasteiger charge is 2.03. The van der Waals surface area contributed by atoms with Crippen molar-refractivity contribution in [3.63, 3.8) is 0 Å². The van der Waals surface area contributed by atoms with Crippen LogP contribution >= 0.6 is 11.6 Å². The van der Waals surface area contributed by atoms with Gasteiger partial charge in [0.15, 0.2) is 0 Å². The highest BCUT2D eigenvalue weighted by atomic mass is 35.5. The molecule has 1 rings (SSSR count). The Labute approximate surface area is 145 Å². The Morgan fingerprint density at radius 2 is 1.70 bits per heavy atom. The minimum absolute atomic E-state index is 0.0417. The fourth-order valence-corrected chi connectivity index (χ4v) is 2.58. The van der Waals surface area contributed by atoms with Gasteiger partial charge in [0.2, 0.25) is 5.91 Å². The first-order valence-corrected chi connectivity index (χ1v) is 9.26. The van der Waals surface area contributed by atoms with Crippen molar-refractivity contribution in [2.24, 2.45) is 0 Å². The van der Waals surface area contributed by atoms with Crippen LogP contribution in [0.25, 0.3) is 0 Å². The lowest BCUT2D eigenvalue weighted by atomic mass is 10.1. The summed E-state index contributed by atoms with van der Waals surface area (Å²) in [5, 5.41) is 3.52. The Bertz CT molecular complexity index is 437. The standard InChI is InChI=1S/C19H30ClNO2/c1-2-3-4-5-6-7-8-11-15-21-19(22)14-16-23-18-13-10-9-12-17(18)20/h9-10,12-13H,2-8,11,14-16H2,1H3,(H,21,22). The molecule has 130 valence electrons. The molecule has 23 heavy (non-hydrogen) atoms. The highest BCUT2D eigenvalue weighted by Crippen LogP contribution is 2.22. The zero-order chi connectivity index (χ0) is 16.8. The summed E-state index contributed by atoms with van der Waals surface area (Å²) >= 11 is 5.99. The summed E-state index contributed by atoms with van der Waals surface area (Å²) in [6.45, 7) is 3.36. The van der Waals surface area contributed by atoms with E-state index in [-0.39, 0.29) is 5.91 Å². The van der Waals surface area contributed by atoms with E-state index < -0.39 is 0 Å². The van der Waals surface area contributed by atoms with Crippen molar-refractivity contribution < 1.29 is 9.53 Å². The fourth-order valence-electron chi connectivity index (χ4n) is 2.39. The molecule has 0 aliphatic rings. The molecule has 0 heterocycles. The molecule has 0 fully saturated rings. The zero-order valence-corrected chi connectivity index (χ0v) is 15.0. The van der Waals surface area contributed by atoms with Crippen LogP contribution in [0.1, 0.15) is 64.7 Å². The summed E-state index contributed by atoms with van der Waals surface area (Å²) in [4.78, 5) is 11.7. The van der Waals surface area contributed by atoms with Crippen LogP contribution in [0.2, 0.25) is 5.02 Å². The lowest BCUT2D eigenvalue weighted by Crippen LogP contribution is -2.25. The molecule has 3 nitrogen and oxygen atoms in total. The van der Waals surface area contributed by atoms with E-state index in [1.165, 1.54) is 44.9 Å². The number of amides is 1. The molecular weight excluding hydrogens is 310 g/mol. The van der Waals surface area contributed by atoms with Gasteiger partial charge in [-0.15, -0.1) is 0 Å². The summed E-state index contributed by atoms with van der Waals surface area (Å²) in [7, 11) is 0. The van der Waals surface area contributed by atoms with Gasteiger partial charge in [-0.3, -0.25) is 4.79 Å². The van der Waals surface area contributed by atoms with Gasteiger partial charge in [0.05, 0.1) is 18.1 Å². The van der Waals surface area contributed by atoms with Crippen molar-refractivity contribution >= 4 is 17.5 Å². The Balaban J connectivity index is 1.93. The molecule has 0 unspecified atom stereocenters. The third kappa shape index (κ3) is 10.2. The first kappa shape index (κ1) is 19.8. The number of hydrogen-bond acceptors (Lipinski definition) is 2. The minimum atomic E-state index is 0.0417. The van der Waals surface area contributed by atoms with Gasteiger partial charge in [-0.25, -0.2) is 0 Å². The molecule has 0 atom stereocenters. The van der Waals surface area contributed by atoms with Crippen LogP contribution < -0.4 is 10.1 Å². The van der Waals surface area contributed by atoms with E-state index in [4.69, 9.17) is 16.3 Å². The van der Waals surface area contributed by atoms with Crippen LogP contribution in [0.4, 0.5) is 0 Å². The van der Waals surface area contributed by atoms with Crippen molar-refractivity contribution in [1.29, 1.82) is 0 Å². The first-order chi connectivity index (χ1) is 11.2. The monoisotopic (exact) mass is 339 g/mol. The quantitative estimate of drug-likeness (QED) is 0.491. The van der Waals surface area contributed by atoms with E-state index in [9.17, 15) is 4.79 Å². The third-order valence-electron chi connectivity index (χ3n) is 3.78. The fraction of sp³-hybridized carbons (Fsp3) is 0.632. The summed E-state index contributed by atoms with van der Waals surface area (Å²) < 4.78 is 5.51. The average Bonchev–Trinajstić information content (AvgIpc) is 2.55. The number of rotatable bonds is 13. The summed E-state index contributed by atoms with van der Waals surface area (Å²) in [5.74, 6) is 0.671. The van der Waals surface area contributed by atoms with Crippen LogP contribution in [0.3, 0.4) is 0 Å². The number of halogens is 1. The van der Waals surface area contributed by atoms with Gasteiger partial charge in [0.1, 0.15) is 5.75 Å². The molecule has 4 heteroatoms. The molecule has 1 aromatic carbocycles. The molecule has 0 spiro atoms. The number of hydrogen-bond donors (Lipinski definition) is 1. The number of para-hydroxylation sites is 1. The van der Waals surface area contributed by atoms with E-state index in [1.54, 1.807) is 12.1 Å². The molecule has 0 saturated carbocycles. The summed E-state index contributed by atoms with van der Waals surface area (Å²) in [6, 6.07) is 7.30. The Hall–Kier alpha value is -1.22. The first-order valence-electron chi connectivity index (χ1n) is 8.88. The predicted octanol–water partition coefficient (Wildman–Crippen LogP) is 5.37. The maximum Gasteiger partial charge on any atom is 0.223 e. The number of carbonyl (C=O) groups is 1. The summed E-state index contributed by atoms with van der Waals surface area (Å²) in [5.41, 5.74) is 0. The molecule has 1 aromatic rings. The Morgan fingerprint density at radius 3 is 2.39 bits per heavy atom.